The Kier molecular flexibility index (Phi) is 5.66. The van der Waals surface area contributed by atoms with E-state index < -0.39 is 38.2 Å². The van der Waals surface area contributed by atoms with Gasteiger partial charge in [0.25, 0.3) is 15.7 Å². The lowest BCUT2D eigenvalue weighted by atomic mass is 10.3. The molecule has 140 valence electrons. The van der Waals surface area contributed by atoms with Crippen LogP contribution in [0.2, 0.25) is 0 Å². The van der Waals surface area contributed by atoms with Crippen LogP contribution in [0.4, 0.5) is 10.5 Å². The zero-order valence-electron chi connectivity index (χ0n) is 13.8. The summed E-state index contributed by atoms with van der Waals surface area (Å²) in [6.07, 6.45) is -1.17. The first-order valence-corrected chi connectivity index (χ1v) is 9.53. The fourth-order valence-electron chi connectivity index (χ4n) is 2.42. The minimum Gasteiger partial charge on any atom is -0.464 e. The topological polar surface area (TPSA) is 136 Å². The van der Waals surface area contributed by atoms with Gasteiger partial charge in [0.2, 0.25) is 0 Å². The van der Waals surface area contributed by atoms with Crippen molar-refractivity contribution in [2.24, 2.45) is 7.05 Å². The average molecular weight is 447 g/mol. The van der Waals surface area contributed by atoms with Gasteiger partial charge in [-0.15, -0.1) is 0 Å². The normalized spacial score (nSPS) is 11.3. The maximum absolute atomic E-state index is 12.8. The molecule has 26 heavy (non-hydrogen) atoms. The molecule has 0 atom stereocenters. The van der Waals surface area contributed by atoms with E-state index in [0.29, 0.717) is 10.9 Å². The number of carboxylic acid groups (broad SMARTS) is 1. The molecule has 0 fully saturated rings. The van der Waals surface area contributed by atoms with Crippen molar-refractivity contribution in [3.63, 3.8) is 0 Å². The summed E-state index contributed by atoms with van der Waals surface area (Å²) < 4.78 is 27.7. The van der Waals surface area contributed by atoms with E-state index in [-0.39, 0.29) is 10.00 Å². The second kappa shape index (κ2) is 7.41. The van der Waals surface area contributed by atoms with E-state index in [9.17, 15) is 28.4 Å². The molecule has 0 saturated carbocycles. The molecule has 0 radical (unpaired) electrons. The predicted molar refractivity (Wildman–Crippen MR) is 94.1 cm³/mol. The molecule has 12 heteroatoms. The average Bonchev–Trinajstić information content (AvgIpc) is 2.85. The van der Waals surface area contributed by atoms with E-state index >= 15 is 0 Å². The number of hydrogen-bond acceptors (Lipinski definition) is 6. The van der Waals surface area contributed by atoms with Crippen LogP contribution in [0.25, 0.3) is 0 Å². The number of nitro groups is 1. The molecule has 0 bridgehead atoms. The number of nitro benzene ring substituents is 1. The van der Waals surface area contributed by atoms with Crippen LogP contribution >= 0.6 is 15.9 Å². The third kappa shape index (κ3) is 3.55. The number of hydrogen-bond donors (Lipinski definition) is 1. The van der Waals surface area contributed by atoms with E-state index in [1.54, 1.807) is 7.05 Å². The number of aryl methyl sites for hydroxylation is 1. The number of halogens is 1. The predicted octanol–water partition coefficient (Wildman–Crippen LogP) is 2.52. The van der Waals surface area contributed by atoms with Crippen molar-refractivity contribution < 1.29 is 23.2 Å². The molecule has 1 amide bonds. The second-order valence-corrected chi connectivity index (χ2v) is 7.83. The van der Waals surface area contributed by atoms with Crippen LogP contribution in [-0.4, -0.2) is 38.6 Å². The number of para-hydroxylation sites is 1. The van der Waals surface area contributed by atoms with E-state index in [4.69, 9.17) is 0 Å². The van der Waals surface area contributed by atoms with Crippen LogP contribution in [0.1, 0.15) is 18.3 Å². The van der Waals surface area contributed by atoms with Gasteiger partial charge in [-0.3, -0.25) is 14.8 Å². The molecule has 0 spiro atoms. The molecule has 0 aliphatic carbocycles. The summed E-state index contributed by atoms with van der Waals surface area (Å²) in [6.45, 7) is 1.28. The maximum atomic E-state index is 12.8. The quantitative estimate of drug-likeness (QED) is 0.531. The molecule has 0 saturated heterocycles. The molecular formula is C14H15BrN4O6S. The van der Waals surface area contributed by atoms with Gasteiger partial charge in [0.1, 0.15) is 0 Å². The SMILES string of the molecule is CCc1c(Br)c(CN(C(=O)O)S(=O)(=O)c2ccccc2[N+](=O)[O-])nn1C. The summed E-state index contributed by atoms with van der Waals surface area (Å²) in [6, 6.07) is 4.57. The number of rotatable bonds is 6. The molecule has 10 nitrogen and oxygen atoms in total. The van der Waals surface area contributed by atoms with E-state index in [1.165, 1.54) is 16.8 Å². The van der Waals surface area contributed by atoms with Gasteiger partial charge < -0.3 is 5.11 Å². The lowest BCUT2D eigenvalue weighted by Crippen LogP contribution is -2.35. The zero-order chi connectivity index (χ0) is 19.6. The fraction of sp³-hybridized carbons (Fsp3) is 0.286. The van der Waals surface area contributed by atoms with Crippen LogP contribution in [0.5, 0.6) is 0 Å². The Morgan fingerprint density at radius 2 is 2.04 bits per heavy atom. The maximum Gasteiger partial charge on any atom is 0.421 e. The van der Waals surface area contributed by atoms with Crippen molar-refractivity contribution in [3.8, 4) is 0 Å². The number of carbonyl (C=O) groups is 1. The van der Waals surface area contributed by atoms with Crippen LogP contribution in [0.3, 0.4) is 0 Å². The summed E-state index contributed by atoms with van der Waals surface area (Å²) in [5, 5.41) is 24.7. The van der Waals surface area contributed by atoms with Crippen molar-refractivity contribution in [3.05, 3.63) is 50.2 Å². The van der Waals surface area contributed by atoms with Gasteiger partial charge in [-0.1, -0.05) is 19.1 Å². The number of amides is 1. The van der Waals surface area contributed by atoms with E-state index in [2.05, 4.69) is 21.0 Å². The van der Waals surface area contributed by atoms with Gasteiger partial charge in [0.15, 0.2) is 4.90 Å². The third-order valence-electron chi connectivity index (χ3n) is 3.64. The van der Waals surface area contributed by atoms with Gasteiger partial charge >= 0.3 is 6.09 Å². The highest BCUT2D eigenvalue weighted by Crippen LogP contribution is 2.29. The van der Waals surface area contributed by atoms with Crippen LogP contribution in [0, 0.1) is 10.1 Å². The van der Waals surface area contributed by atoms with Crippen molar-refractivity contribution in [2.75, 3.05) is 0 Å². The Hall–Kier alpha value is -2.47. The summed E-state index contributed by atoms with van der Waals surface area (Å²) >= 11 is 3.29. The minimum atomic E-state index is -4.68. The van der Waals surface area contributed by atoms with Crippen LogP contribution in [-0.2, 0) is 30.0 Å². The summed E-state index contributed by atoms with van der Waals surface area (Å²) in [7, 11) is -3.03. The van der Waals surface area contributed by atoms with Gasteiger partial charge in [0, 0.05) is 13.1 Å². The molecule has 1 aromatic heterocycles. The van der Waals surface area contributed by atoms with Gasteiger partial charge in [-0.05, 0) is 28.4 Å². The summed E-state index contributed by atoms with van der Waals surface area (Å²) in [5.74, 6) is 0. The Bertz CT molecular complexity index is 972. The fourth-order valence-corrected chi connectivity index (χ4v) is 4.55. The number of aromatic nitrogens is 2. The lowest BCUT2D eigenvalue weighted by molar-refractivity contribution is -0.387. The number of nitrogens with zero attached hydrogens (tertiary/aromatic N) is 4. The van der Waals surface area contributed by atoms with Gasteiger partial charge in [-0.2, -0.15) is 9.40 Å². The highest BCUT2D eigenvalue weighted by molar-refractivity contribution is 9.10. The standard InChI is InChI=1S/C14H15BrN4O6S/c1-3-10-13(15)9(16-17(10)2)8-18(14(20)21)26(24,25)12-7-5-4-6-11(12)19(22)23/h4-7H,3,8H2,1-2H3,(H,20,21). The Morgan fingerprint density at radius 3 is 2.54 bits per heavy atom. The molecule has 2 rings (SSSR count). The van der Waals surface area contributed by atoms with Gasteiger partial charge in [-0.25, -0.2) is 13.2 Å². The lowest BCUT2D eigenvalue weighted by Gasteiger charge is -2.18. The Balaban J connectivity index is 2.54. The van der Waals surface area contributed by atoms with E-state index in [1.807, 2.05) is 6.92 Å². The first-order valence-electron chi connectivity index (χ1n) is 7.30. The van der Waals surface area contributed by atoms with Gasteiger partial charge in [0.05, 0.1) is 27.3 Å². The molecule has 2 aromatic rings. The number of benzene rings is 1. The molecular weight excluding hydrogens is 432 g/mol. The van der Waals surface area contributed by atoms with Crippen molar-refractivity contribution in [1.29, 1.82) is 0 Å². The Morgan fingerprint density at radius 1 is 1.42 bits per heavy atom. The molecule has 0 unspecified atom stereocenters. The molecule has 1 N–H and O–H groups in total. The molecule has 1 heterocycles. The van der Waals surface area contributed by atoms with Crippen LogP contribution in [0.15, 0.2) is 33.6 Å². The smallest absolute Gasteiger partial charge is 0.421 e. The van der Waals surface area contributed by atoms with Crippen molar-refractivity contribution >= 4 is 37.7 Å². The van der Waals surface area contributed by atoms with Crippen LogP contribution < -0.4 is 0 Å². The first-order chi connectivity index (χ1) is 12.1. The molecule has 0 aliphatic rings. The minimum absolute atomic E-state index is 0.141. The molecule has 1 aromatic carbocycles. The summed E-state index contributed by atoms with van der Waals surface area (Å²) in [4.78, 5) is 21.1. The number of sulfonamides is 1. The highest BCUT2D eigenvalue weighted by atomic mass is 79.9. The zero-order valence-corrected chi connectivity index (χ0v) is 16.2. The second-order valence-electron chi connectivity index (χ2n) is 5.20. The van der Waals surface area contributed by atoms with E-state index in [0.717, 1.165) is 17.8 Å². The third-order valence-corrected chi connectivity index (χ3v) is 6.32. The van der Waals surface area contributed by atoms with Crippen molar-refractivity contribution in [1.82, 2.24) is 14.1 Å². The first kappa shape index (κ1) is 19.8. The monoisotopic (exact) mass is 446 g/mol. The molecule has 0 aliphatic heterocycles. The largest absolute Gasteiger partial charge is 0.464 e. The summed E-state index contributed by atoms with van der Waals surface area (Å²) in [5.41, 5.74) is 0.246. The van der Waals surface area contributed by atoms with Crippen molar-refractivity contribution in [2.45, 2.75) is 24.8 Å². The highest BCUT2D eigenvalue weighted by Gasteiger charge is 2.36. The Labute approximate surface area is 157 Å².